The third kappa shape index (κ3) is 15.4. The molecular formula is C28H54N2O+2. The number of rotatable bonds is 18. The van der Waals surface area contributed by atoms with Crippen molar-refractivity contribution in [3.8, 4) is 5.75 Å². The van der Waals surface area contributed by atoms with Crippen molar-refractivity contribution >= 4 is 0 Å². The first kappa shape index (κ1) is 28.0. The average Bonchev–Trinajstić information content (AvgIpc) is 2.65. The van der Waals surface area contributed by atoms with Crippen molar-refractivity contribution < 1.29 is 13.7 Å². The number of hydrogen-bond acceptors (Lipinski definition) is 1. The molecule has 1 aromatic rings. The molecular weight excluding hydrogens is 380 g/mol. The second-order valence-corrected chi connectivity index (χ2v) is 11.6. The second-order valence-electron chi connectivity index (χ2n) is 11.6. The van der Waals surface area contributed by atoms with Crippen molar-refractivity contribution in [3.63, 3.8) is 0 Å². The van der Waals surface area contributed by atoms with Crippen LogP contribution in [0.4, 0.5) is 0 Å². The van der Waals surface area contributed by atoms with Gasteiger partial charge in [0.25, 0.3) is 0 Å². The molecule has 3 heteroatoms. The van der Waals surface area contributed by atoms with Gasteiger partial charge in [-0.1, -0.05) is 83.6 Å². The smallest absolute Gasteiger partial charge is 0.128 e. The van der Waals surface area contributed by atoms with Gasteiger partial charge in [-0.15, -0.1) is 0 Å². The predicted octanol–water partition coefficient (Wildman–Crippen LogP) is 7.18. The fourth-order valence-corrected chi connectivity index (χ4v) is 4.15. The maximum absolute atomic E-state index is 6.31. The summed E-state index contributed by atoms with van der Waals surface area (Å²) < 4.78 is 8.17. The van der Waals surface area contributed by atoms with Gasteiger partial charge in [-0.3, -0.25) is 0 Å². The van der Waals surface area contributed by atoms with Gasteiger partial charge in [0.15, 0.2) is 0 Å². The molecule has 0 fully saturated rings. The van der Waals surface area contributed by atoms with Crippen molar-refractivity contribution in [1.29, 1.82) is 0 Å². The number of hydrogen-bond donors (Lipinski definition) is 0. The minimum Gasteiger partial charge on any atom is -0.493 e. The lowest BCUT2D eigenvalue weighted by Crippen LogP contribution is -2.34. The van der Waals surface area contributed by atoms with Gasteiger partial charge in [0.05, 0.1) is 48.9 Å². The predicted molar refractivity (Wildman–Crippen MR) is 136 cm³/mol. The van der Waals surface area contributed by atoms with Crippen LogP contribution in [0.3, 0.4) is 0 Å². The molecule has 31 heavy (non-hydrogen) atoms. The maximum Gasteiger partial charge on any atom is 0.128 e. The molecule has 0 aliphatic heterocycles. The van der Waals surface area contributed by atoms with Crippen LogP contribution in [0.5, 0.6) is 5.75 Å². The van der Waals surface area contributed by atoms with Gasteiger partial charge in [0.1, 0.15) is 18.8 Å². The Morgan fingerprint density at radius 3 is 1.58 bits per heavy atom. The van der Waals surface area contributed by atoms with Crippen LogP contribution in [0.15, 0.2) is 18.2 Å². The zero-order valence-corrected chi connectivity index (χ0v) is 22.1. The number of quaternary nitrogens is 2. The van der Waals surface area contributed by atoms with Crippen LogP contribution < -0.4 is 4.74 Å². The van der Waals surface area contributed by atoms with Crippen LogP contribution in [0.1, 0.15) is 95.1 Å². The monoisotopic (exact) mass is 434 g/mol. The van der Waals surface area contributed by atoms with Crippen molar-refractivity contribution in [3.05, 3.63) is 29.3 Å². The first-order valence-corrected chi connectivity index (χ1v) is 13.0. The van der Waals surface area contributed by atoms with Crippen LogP contribution in [0, 0.1) is 0 Å². The topological polar surface area (TPSA) is 9.23 Å². The standard InChI is InChI=1S/C28H54N2O/c1-8-9-10-11-12-13-14-15-16-17-18-19-22-31-28-23-26(24-29(2,3)4)20-21-27(28)25-30(5,6)7/h20-21,23H,8-19,22,24-25H2,1-7H3/q+2. The lowest BCUT2D eigenvalue weighted by atomic mass is 10.1. The Balaban J connectivity index is 2.31. The molecule has 0 saturated carbocycles. The Kier molecular flexibility index (Phi) is 13.4. The Labute approximate surface area is 195 Å². The summed E-state index contributed by atoms with van der Waals surface area (Å²) in [5.74, 6) is 1.10. The van der Waals surface area contributed by atoms with E-state index in [4.69, 9.17) is 4.74 Å². The number of benzene rings is 1. The van der Waals surface area contributed by atoms with E-state index >= 15 is 0 Å². The van der Waals surface area contributed by atoms with E-state index in [0.717, 1.165) is 34.4 Å². The Morgan fingerprint density at radius 2 is 1.10 bits per heavy atom. The quantitative estimate of drug-likeness (QED) is 0.176. The minimum absolute atomic E-state index is 0.843. The number of ether oxygens (including phenoxy) is 1. The van der Waals surface area contributed by atoms with Gasteiger partial charge in [0, 0.05) is 11.1 Å². The molecule has 0 amide bonds. The molecule has 0 bridgehead atoms. The van der Waals surface area contributed by atoms with E-state index in [1.807, 2.05) is 0 Å². The molecule has 0 radical (unpaired) electrons. The molecule has 1 aromatic carbocycles. The normalized spacial score (nSPS) is 12.4. The third-order valence-electron chi connectivity index (χ3n) is 5.69. The highest BCUT2D eigenvalue weighted by molar-refractivity contribution is 5.37. The summed E-state index contributed by atoms with van der Waals surface area (Å²) in [4.78, 5) is 0. The molecule has 0 saturated heterocycles. The minimum atomic E-state index is 0.843. The highest BCUT2D eigenvalue weighted by Gasteiger charge is 2.16. The molecule has 0 aromatic heterocycles. The number of unbranched alkanes of at least 4 members (excludes halogenated alkanes) is 11. The van der Waals surface area contributed by atoms with E-state index < -0.39 is 0 Å². The van der Waals surface area contributed by atoms with E-state index in [1.165, 1.54) is 88.2 Å². The molecule has 0 aliphatic rings. The largest absolute Gasteiger partial charge is 0.493 e. The summed E-state index contributed by atoms with van der Waals surface area (Å²) in [6.45, 7) is 5.16. The van der Waals surface area contributed by atoms with Crippen LogP contribution in [0.2, 0.25) is 0 Å². The van der Waals surface area contributed by atoms with Crippen LogP contribution in [0.25, 0.3) is 0 Å². The summed E-state index contributed by atoms with van der Waals surface area (Å²) in [6, 6.07) is 6.85. The lowest BCUT2D eigenvalue weighted by Gasteiger charge is -2.27. The van der Waals surface area contributed by atoms with Gasteiger partial charge in [-0.05, 0) is 18.6 Å². The molecule has 0 aliphatic carbocycles. The third-order valence-corrected chi connectivity index (χ3v) is 5.69. The second kappa shape index (κ2) is 14.9. The van der Waals surface area contributed by atoms with E-state index in [0.29, 0.717) is 0 Å². The molecule has 0 heterocycles. The molecule has 0 atom stereocenters. The summed E-state index contributed by atoms with van der Waals surface area (Å²) >= 11 is 0. The zero-order valence-electron chi connectivity index (χ0n) is 22.1. The highest BCUT2D eigenvalue weighted by Crippen LogP contribution is 2.25. The van der Waals surface area contributed by atoms with Crippen molar-refractivity contribution in [1.82, 2.24) is 0 Å². The summed E-state index contributed by atoms with van der Waals surface area (Å²) in [5, 5.41) is 0. The molecule has 0 spiro atoms. The number of nitrogens with zero attached hydrogens (tertiary/aromatic N) is 2. The van der Waals surface area contributed by atoms with Gasteiger partial charge >= 0.3 is 0 Å². The Bertz CT molecular complexity index is 584. The van der Waals surface area contributed by atoms with Gasteiger partial charge in [0.2, 0.25) is 0 Å². The van der Waals surface area contributed by atoms with Crippen LogP contribution in [-0.4, -0.2) is 57.9 Å². The maximum atomic E-state index is 6.31. The molecule has 0 N–H and O–H groups in total. The molecule has 0 unspecified atom stereocenters. The van der Waals surface area contributed by atoms with Gasteiger partial charge in [-0.25, -0.2) is 0 Å². The summed E-state index contributed by atoms with van der Waals surface area (Å²) in [7, 11) is 13.5. The van der Waals surface area contributed by atoms with Gasteiger partial charge < -0.3 is 13.7 Å². The molecule has 180 valence electrons. The molecule has 3 nitrogen and oxygen atoms in total. The fourth-order valence-electron chi connectivity index (χ4n) is 4.15. The van der Waals surface area contributed by atoms with Gasteiger partial charge in [-0.2, -0.15) is 0 Å². The molecule has 1 rings (SSSR count). The van der Waals surface area contributed by atoms with Crippen LogP contribution >= 0.6 is 0 Å². The highest BCUT2D eigenvalue weighted by atomic mass is 16.5. The SMILES string of the molecule is CCCCCCCCCCCCCCOc1cc(C[N+](C)(C)C)ccc1C[N+](C)(C)C. The van der Waals surface area contributed by atoms with E-state index in [2.05, 4.69) is 67.4 Å². The Hall–Kier alpha value is -1.06. The first-order chi connectivity index (χ1) is 14.6. The van der Waals surface area contributed by atoms with Crippen molar-refractivity contribution in [2.24, 2.45) is 0 Å². The fraction of sp³-hybridized carbons (Fsp3) is 0.786. The van der Waals surface area contributed by atoms with E-state index in [9.17, 15) is 0 Å². The van der Waals surface area contributed by atoms with Crippen molar-refractivity contribution in [2.75, 3.05) is 48.9 Å². The van der Waals surface area contributed by atoms with Crippen molar-refractivity contribution in [2.45, 2.75) is 97.1 Å². The zero-order chi connectivity index (χ0) is 23.2. The average molecular weight is 435 g/mol. The van der Waals surface area contributed by atoms with E-state index in [-0.39, 0.29) is 0 Å². The Morgan fingerprint density at radius 1 is 0.613 bits per heavy atom. The first-order valence-electron chi connectivity index (χ1n) is 13.0. The summed E-state index contributed by atoms with van der Waals surface area (Å²) in [6.07, 6.45) is 16.6. The van der Waals surface area contributed by atoms with E-state index in [1.54, 1.807) is 0 Å². The lowest BCUT2D eigenvalue weighted by molar-refractivity contribution is -0.884. The summed E-state index contributed by atoms with van der Waals surface area (Å²) in [5.41, 5.74) is 2.69. The van der Waals surface area contributed by atoms with Crippen LogP contribution in [-0.2, 0) is 13.1 Å².